The predicted molar refractivity (Wildman–Crippen MR) is 66.8 cm³/mol. The summed E-state index contributed by atoms with van der Waals surface area (Å²) in [7, 11) is 1.76. The molecule has 1 fully saturated rings. The number of hydrogen-bond donors (Lipinski definition) is 1. The van der Waals surface area contributed by atoms with Gasteiger partial charge >= 0.3 is 0 Å². The van der Waals surface area contributed by atoms with Crippen molar-refractivity contribution in [2.24, 2.45) is 0 Å². The minimum absolute atomic E-state index is 0.136. The number of nitrogens with one attached hydrogen (secondary N) is 1. The fourth-order valence-corrected chi connectivity index (χ4v) is 2.47. The molecule has 0 aromatic rings. The summed E-state index contributed by atoms with van der Waals surface area (Å²) >= 11 is 0. The Balaban J connectivity index is 2.27. The summed E-state index contributed by atoms with van der Waals surface area (Å²) in [6, 6.07) is 0.630. The molecule has 16 heavy (non-hydrogen) atoms. The lowest BCUT2D eigenvalue weighted by Gasteiger charge is -2.40. The third kappa shape index (κ3) is 4.04. The molecule has 1 rings (SSSR count). The predicted octanol–water partition coefficient (Wildman–Crippen LogP) is 2.35. The molecule has 3 heteroatoms. The zero-order chi connectivity index (χ0) is 11.9. The standard InChI is InChI=1S/C13H27NO2/c1-4-13(5-2)11-12(7-10-16-13)14-8-6-9-15-3/h12,14H,4-11H2,1-3H3. The van der Waals surface area contributed by atoms with Crippen LogP contribution >= 0.6 is 0 Å². The minimum Gasteiger partial charge on any atom is -0.385 e. The third-order valence-electron chi connectivity index (χ3n) is 3.74. The lowest BCUT2D eigenvalue weighted by atomic mass is 9.86. The minimum atomic E-state index is 0.136. The summed E-state index contributed by atoms with van der Waals surface area (Å²) in [5.41, 5.74) is 0.136. The molecule has 1 N–H and O–H groups in total. The van der Waals surface area contributed by atoms with Gasteiger partial charge in [0.1, 0.15) is 0 Å². The average Bonchev–Trinajstić information content (AvgIpc) is 2.35. The van der Waals surface area contributed by atoms with Crippen molar-refractivity contribution in [1.29, 1.82) is 0 Å². The van der Waals surface area contributed by atoms with E-state index in [-0.39, 0.29) is 5.60 Å². The van der Waals surface area contributed by atoms with Crippen molar-refractivity contribution in [2.75, 3.05) is 26.9 Å². The van der Waals surface area contributed by atoms with Gasteiger partial charge in [-0.3, -0.25) is 0 Å². The average molecular weight is 229 g/mol. The van der Waals surface area contributed by atoms with Gasteiger partial charge in [-0.2, -0.15) is 0 Å². The largest absolute Gasteiger partial charge is 0.385 e. The molecular weight excluding hydrogens is 202 g/mol. The van der Waals surface area contributed by atoms with Gasteiger partial charge in [-0.15, -0.1) is 0 Å². The SMILES string of the molecule is CCC1(CC)CC(NCCCOC)CCO1. The highest BCUT2D eigenvalue weighted by Gasteiger charge is 2.33. The summed E-state index contributed by atoms with van der Waals surface area (Å²) in [4.78, 5) is 0. The zero-order valence-corrected chi connectivity index (χ0v) is 11.1. The van der Waals surface area contributed by atoms with Gasteiger partial charge in [-0.25, -0.2) is 0 Å². The van der Waals surface area contributed by atoms with Crippen LogP contribution in [0.5, 0.6) is 0 Å². The van der Waals surface area contributed by atoms with Gasteiger partial charge in [0, 0.05) is 26.4 Å². The second-order valence-electron chi connectivity index (χ2n) is 4.73. The fourth-order valence-electron chi connectivity index (χ4n) is 2.47. The summed E-state index contributed by atoms with van der Waals surface area (Å²) in [5, 5.41) is 3.62. The number of hydrogen-bond acceptors (Lipinski definition) is 3. The van der Waals surface area contributed by atoms with Crippen molar-refractivity contribution in [1.82, 2.24) is 5.32 Å². The summed E-state index contributed by atoms with van der Waals surface area (Å²) in [6.07, 6.45) is 5.65. The van der Waals surface area contributed by atoms with Crippen molar-refractivity contribution in [2.45, 2.75) is 57.6 Å². The van der Waals surface area contributed by atoms with E-state index in [1.807, 2.05) is 0 Å². The molecule has 0 bridgehead atoms. The van der Waals surface area contributed by atoms with E-state index in [1.165, 1.54) is 0 Å². The molecule has 0 aliphatic carbocycles. The van der Waals surface area contributed by atoms with E-state index in [0.717, 1.165) is 51.9 Å². The van der Waals surface area contributed by atoms with Crippen LogP contribution in [-0.2, 0) is 9.47 Å². The van der Waals surface area contributed by atoms with E-state index in [0.29, 0.717) is 6.04 Å². The van der Waals surface area contributed by atoms with Gasteiger partial charge in [-0.05, 0) is 38.6 Å². The molecule has 0 amide bonds. The van der Waals surface area contributed by atoms with E-state index in [1.54, 1.807) is 7.11 Å². The van der Waals surface area contributed by atoms with Crippen LogP contribution in [0.2, 0.25) is 0 Å². The van der Waals surface area contributed by atoms with Gasteiger partial charge in [0.15, 0.2) is 0 Å². The maximum Gasteiger partial charge on any atom is 0.0692 e. The Hall–Kier alpha value is -0.120. The van der Waals surface area contributed by atoms with E-state index in [2.05, 4.69) is 19.2 Å². The quantitative estimate of drug-likeness (QED) is 0.680. The molecule has 1 atom stereocenters. The first-order chi connectivity index (χ1) is 7.76. The van der Waals surface area contributed by atoms with Gasteiger partial charge in [-0.1, -0.05) is 13.8 Å². The fraction of sp³-hybridized carbons (Fsp3) is 1.00. The van der Waals surface area contributed by atoms with Crippen molar-refractivity contribution < 1.29 is 9.47 Å². The van der Waals surface area contributed by atoms with Crippen molar-refractivity contribution in [3.05, 3.63) is 0 Å². The highest BCUT2D eigenvalue weighted by molar-refractivity contribution is 4.87. The van der Waals surface area contributed by atoms with E-state index in [9.17, 15) is 0 Å². The lowest BCUT2D eigenvalue weighted by molar-refractivity contribution is -0.0930. The molecule has 1 aliphatic heterocycles. The number of methoxy groups -OCH3 is 1. The Morgan fingerprint density at radius 3 is 2.75 bits per heavy atom. The molecule has 96 valence electrons. The topological polar surface area (TPSA) is 30.5 Å². The highest BCUT2D eigenvalue weighted by Crippen LogP contribution is 2.31. The third-order valence-corrected chi connectivity index (χ3v) is 3.74. The second kappa shape index (κ2) is 7.25. The van der Waals surface area contributed by atoms with Gasteiger partial charge in [0.05, 0.1) is 5.60 Å². The van der Waals surface area contributed by atoms with Gasteiger partial charge in [0.2, 0.25) is 0 Å². The molecule has 1 heterocycles. The van der Waals surface area contributed by atoms with E-state index >= 15 is 0 Å². The van der Waals surface area contributed by atoms with Crippen molar-refractivity contribution >= 4 is 0 Å². The van der Waals surface area contributed by atoms with Gasteiger partial charge in [0.25, 0.3) is 0 Å². The smallest absolute Gasteiger partial charge is 0.0692 e. The van der Waals surface area contributed by atoms with Crippen LogP contribution in [0.3, 0.4) is 0 Å². The normalized spacial score (nSPS) is 24.6. The van der Waals surface area contributed by atoms with Crippen LogP contribution in [0.15, 0.2) is 0 Å². The summed E-state index contributed by atoms with van der Waals surface area (Å²) < 4.78 is 11.0. The number of ether oxygens (including phenoxy) is 2. The highest BCUT2D eigenvalue weighted by atomic mass is 16.5. The van der Waals surface area contributed by atoms with Crippen molar-refractivity contribution in [3.63, 3.8) is 0 Å². The molecule has 0 aromatic heterocycles. The van der Waals surface area contributed by atoms with Crippen LogP contribution in [0.4, 0.5) is 0 Å². The van der Waals surface area contributed by atoms with Crippen LogP contribution < -0.4 is 5.32 Å². The molecule has 0 spiro atoms. The Morgan fingerprint density at radius 1 is 1.38 bits per heavy atom. The maximum absolute atomic E-state index is 5.96. The molecule has 0 aromatic carbocycles. The Morgan fingerprint density at radius 2 is 2.12 bits per heavy atom. The molecule has 3 nitrogen and oxygen atoms in total. The van der Waals surface area contributed by atoms with Crippen LogP contribution in [0, 0.1) is 0 Å². The van der Waals surface area contributed by atoms with Gasteiger partial charge < -0.3 is 14.8 Å². The first-order valence-electron chi connectivity index (χ1n) is 6.62. The second-order valence-corrected chi connectivity index (χ2v) is 4.73. The van der Waals surface area contributed by atoms with Crippen LogP contribution in [0.1, 0.15) is 46.0 Å². The van der Waals surface area contributed by atoms with Crippen LogP contribution in [-0.4, -0.2) is 38.5 Å². The Kier molecular flexibility index (Phi) is 6.32. The van der Waals surface area contributed by atoms with Crippen molar-refractivity contribution in [3.8, 4) is 0 Å². The molecule has 0 radical (unpaired) electrons. The molecular formula is C13H27NO2. The maximum atomic E-state index is 5.96. The molecule has 1 aliphatic rings. The van der Waals surface area contributed by atoms with E-state index < -0.39 is 0 Å². The lowest BCUT2D eigenvalue weighted by Crippen LogP contribution is -2.46. The number of rotatable bonds is 7. The first-order valence-corrected chi connectivity index (χ1v) is 6.62. The van der Waals surface area contributed by atoms with E-state index in [4.69, 9.17) is 9.47 Å². The Bertz CT molecular complexity index is 181. The molecule has 1 saturated heterocycles. The summed E-state index contributed by atoms with van der Waals surface area (Å²) in [5.74, 6) is 0. The monoisotopic (exact) mass is 229 g/mol. The summed E-state index contributed by atoms with van der Waals surface area (Å²) in [6.45, 7) is 7.28. The molecule has 0 saturated carbocycles. The Labute approximate surface area is 99.9 Å². The van der Waals surface area contributed by atoms with Crippen LogP contribution in [0.25, 0.3) is 0 Å². The first kappa shape index (κ1) is 13.9. The molecule has 1 unspecified atom stereocenters. The zero-order valence-electron chi connectivity index (χ0n) is 11.1.